The summed E-state index contributed by atoms with van der Waals surface area (Å²) in [5.41, 5.74) is 1.61. The highest BCUT2D eigenvalue weighted by atomic mass is 32.2. The summed E-state index contributed by atoms with van der Waals surface area (Å²) in [5.74, 6) is -0.654. The van der Waals surface area contributed by atoms with Gasteiger partial charge in [0.25, 0.3) is 0 Å². The van der Waals surface area contributed by atoms with Gasteiger partial charge >= 0.3 is 5.97 Å². The summed E-state index contributed by atoms with van der Waals surface area (Å²) in [6, 6.07) is 5.80. The number of hydrogen-bond donors (Lipinski definition) is 1. The Kier molecular flexibility index (Phi) is 7.24. The summed E-state index contributed by atoms with van der Waals surface area (Å²) in [4.78, 5) is 15.6. The smallest absolute Gasteiger partial charge is 0.343 e. The van der Waals surface area contributed by atoms with Crippen LogP contribution in [0.4, 0.5) is 14.5 Å². The fraction of sp³-hybridized carbons (Fsp3) is 0.400. The molecule has 1 aliphatic heterocycles. The van der Waals surface area contributed by atoms with Crippen molar-refractivity contribution in [2.24, 2.45) is 5.92 Å². The number of nitrogens with zero attached hydrogens (tertiary/aromatic N) is 1. The summed E-state index contributed by atoms with van der Waals surface area (Å²) in [7, 11) is 1.29. The molecule has 0 bridgehead atoms. The average Bonchev–Trinajstić information content (AvgIpc) is 3.60. The van der Waals surface area contributed by atoms with Crippen LogP contribution in [0.2, 0.25) is 0 Å². The van der Waals surface area contributed by atoms with Crippen LogP contribution in [0.1, 0.15) is 47.7 Å². The molecule has 33 heavy (non-hydrogen) atoms. The summed E-state index contributed by atoms with van der Waals surface area (Å²) in [6.45, 7) is 7.26. The van der Waals surface area contributed by atoms with Gasteiger partial charge in [-0.25, -0.2) is 13.6 Å². The maximum atomic E-state index is 15.0. The van der Waals surface area contributed by atoms with Crippen molar-refractivity contribution in [1.82, 2.24) is 4.90 Å². The number of ether oxygens (including phenoxy) is 2. The summed E-state index contributed by atoms with van der Waals surface area (Å²) < 4.78 is 42.7. The Bertz CT molecular complexity index is 1070. The quantitative estimate of drug-likeness (QED) is 0.371. The summed E-state index contributed by atoms with van der Waals surface area (Å²) in [6.07, 6.45) is 4.73. The third-order valence-corrected chi connectivity index (χ3v) is 7.11. The average molecular weight is 475 g/mol. The van der Waals surface area contributed by atoms with Gasteiger partial charge in [0.1, 0.15) is 22.9 Å². The van der Waals surface area contributed by atoms with E-state index in [1.807, 2.05) is 12.2 Å². The predicted octanol–water partition coefficient (Wildman–Crippen LogP) is 5.72. The molecule has 2 atom stereocenters. The van der Waals surface area contributed by atoms with Gasteiger partial charge in [-0.2, -0.15) is 0 Å². The molecule has 5 nitrogen and oxygen atoms in total. The van der Waals surface area contributed by atoms with Crippen LogP contribution in [0.25, 0.3) is 6.08 Å². The van der Waals surface area contributed by atoms with E-state index < -0.39 is 11.8 Å². The van der Waals surface area contributed by atoms with E-state index in [0.29, 0.717) is 23.7 Å². The first-order chi connectivity index (χ1) is 16.0. The van der Waals surface area contributed by atoms with Crippen molar-refractivity contribution in [1.29, 1.82) is 0 Å². The highest BCUT2D eigenvalue weighted by Gasteiger charge is 2.47. The highest BCUT2D eigenvalue weighted by Crippen LogP contribution is 2.56. The third-order valence-electron chi connectivity index (χ3n) is 6.19. The molecule has 1 fully saturated rings. The number of esters is 1. The lowest BCUT2D eigenvalue weighted by atomic mass is 9.99. The SMILES string of the molecule is CCN(CC)C/C=C\c1cc(F)ccc1SNc1cc(F)c2c(c1C(=O)OC)OCC1CC21. The molecule has 2 aromatic rings. The lowest BCUT2D eigenvalue weighted by Crippen LogP contribution is -2.22. The molecule has 1 aliphatic carbocycles. The number of fused-ring (bicyclic) bond motifs is 3. The first kappa shape index (κ1) is 23.6. The molecule has 176 valence electrons. The molecule has 2 aliphatic rings. The fourth-order valence-electron chi connectivity index (χ4n) is 4.16. The van der Waals surface area contributed by atoms with Crippen molar-refractivity contribution in [2.75, 3.05) is 38.1 Å². The van der Waals surface area contributed by atoms with Crippen molar-refractivity contribution in [3.05, 3.63) is 58.7 Å². The van der Waals surface area contributed by atoms with Crippen molar-refractivity contribution in [3.8, 4) is 5.75 Å². The van der Waals surface area contributed by atoms with E-state index in [9.17, 15) is 13.6 Å². The number of nitrogens with one attached hydrogen (secondary N) is 1. The Morgan fingerprint density at radius 2 is 2.09 bits per heavy atom. The lowest BCUT2D eigenvalue weighted by Gasteiger charge is -2.22. The fourth-order valence-corrected chi connectivity index (χ4v) is 4.92. The Hall–Kier alpha value is -2.58. The number of carbonyl (C=O) groups is 1. The van der Waals surface area contributed by atoms with E-state index >= 15 is 0 Å². The normalized spacial score (nSPS) is 18.6. The molecule has 1 heterocycles. The molecule has 0 spiro atoms. The number of hydrogen-bond acceptors (Lipinski definition) is 6. The molecular weight excluding hydrogens is 446 g/mol. The van der Waals surface area contributed by atoms with Crippen LogP contribution in [0.15, 0.2) is 35.2 Å². The Balaban J connectivity index is 1.60. The van der Waals surface area contributed by atoms with E-state index in [4.69, 9.17) is 9.47 Å². The van der Waals surface area contributed by atoms with Gasteiger partial charge in [-0.1, -0.05) is 26.0 Å². The molecule has 0 radical (unpaired) electrons. The minimum atomic E-state index is -0.591. The molecule has 2 unspecified atom stereocenters. The zero-order chi connectivity index (χ0) is 23.5. The van der Waals surface area contributed by atoms with Crippen molar-refractivity contribution in [2.45, 2.75) is 31.1 Å². The van der Waals surface area contributed by atoms with E-state index in [1.54, 1.807) is 6.07 Å². The lowest BCUT2D eigenvalue weighted by molar-refractivity contribution is 0.0596. The molecule has 0 amide bonds. The topological polar surface area (TPSA) is 50.8 Å². The maximum Gasteiger partial charge on any atom is 0.343 e. The summed E-state index contributed by atoms with van der Waals surface area (Å²) >= 11 is 1.18. The van der Waals surface area contributed by atoms with E-state index in [0.717, 1.165) is 31.0 Å². The Morgan fingerprint density at radius 1 is 1.30 bits per heavy atom. The largest absolute Gasteiger partial charge is 0.492 e. The van der Waals surface area contributed by atoms with Crippen molar-refractivity contribution < 1.29 is 23.0 Å². The molecular formula is C25H28F2N2O3S. The second-order valence-electron chi connectivity index (χ2n) is 8.20. The molecule has 0 aromatic heterocycles. The number of likely N-dealkylation sites (N-methyl/N-ethyl adjacent to an activating group) is 1. The van der Waals surface area contributed by atoms with Crippen LogP contribution in [-0.4, -0.2) is 44.2 Å². The van der Waals surface area contributed by atoms with Crippen molar-refractivity contribution in [3.63, 3.8) is 0 Å². The van der Waals surface area contributed by atoms with Gasteiger partial charge in [-0.05, 0) is 67.2 Å². The van der Waals surface area contributed by atoms with Crippen LogP contribution in [0, 0.1) is 17.6 Å². The molecule has 1 N–H and O–H groups in total. The first-order valence-electron chi connectivity index (χ1n) is 11.2. The maximum absolute atomic E-state index is 15.0. The van der Waals surface area contributed by atoms with Crippen LogP contribution in [0.3, 0.4) is 0 Å². The predicted molar refractivity (Wildman–Crippen MR) is 127 cm³/mol. The highest BCUT2D eigenvalue weighted by molar-refractivity contribution is 8.00. The van der Waals surface area contributed by atoms with Crippen LogP contribution >= 0.6 is 11.9 Å². The number of halogens is 2. The van der Waals surface area contributed by atoms with Gasteiger partial charge in [0.2, 0.25) is 0 Å². The molecule has 0 saturated heterocycles. The second kappa shape index (κ2) is 10.1. The third kappa shape index (κ3) is 5.01. The minimum Gasteiger partial charge on any atom is -0.492 e. The van der Waals surface area contributed by atoms with E-state index in [1.165, 1.54) is 37.3 Å². The van der Waals surface area contributed by atoms with Gasteiger partial charge in [0.05, 0.1) is 19.4 Å². The zero-order valence-corrected chi connectivity index (χ0v) is 19.8. The monoisotopic (exact) mass is 474 g/mol. The van der Waals surface area contributed by atoms with E-state index in [2.05, 4.69) is 23.5 Å². The molecule has 4 rings (SSSR count). The van der Waals surface area contributed by atoms with Crippen molar-refractivity contribution >= 4 is 29.7 Å². The Labute approximate surface area is 197 Å². The molecule has 2 aromatic carbocycles. The first-order valence-corrected chi connectivity index (χ1v) is 12.0. The number of benzene rings is 2. The number of anilines is 1. The Morgan fingerprint density at radius 3 is 2.82 bits per heavy atom. The van der Waals surface area contributed by atoms with Crippen LogP contribution < -0.4 is 9.46 Å². The van der Waals surface area contributed by atoms with Crippen LogP contribution in [-0.2, 0) is 4.74 Å². The number of carbonyl (C=O) groups excluding carboxylic acids is 1. The number of methoxy groups -OCH3 is 1. The van der Waals surface area contributed by atoms with Gasteiger partial charge in [-0.3, -0.25) is 0 Å². The van der Waals surface area contributed by atoms with Gasteiger partial charge in [0, 0.05) is 22.9 Å². The van der Waals surface area contributed by atoms with Crippen LogP contribution in [0.5, 0.6) is 5.75 Å². The molecule has 1 saturated carbocycles. The van der Waals surface area contributed by atoms with Gasteiger partial charge < -0.3 is 19.1 Å². The second-order valence-corrected chi connectivity index (χ2v) is 9.05. The molecule has 8 heteroatoms. The minimum absolute atomic E-state index is 0.0958. The zero-order valence-electron chi connectivity index (χ0n) is 19.0. The standard InChI is InChI=1S/C25H28F2N2O3S/c1-4-29(5-2)10-6-7-15-11-17(26)8-9-21(15)33-28-20-13-19(27)22-18-12-16(18)14-32-24(22)23(20)25(30)31-3/h6-9,11,13,16,18,28H,4-5,10,12,14H2,1-3H3/b7-6-. The summed E-state index contributed by atoms with van der Waals surface area (Å²) in [5, 5.41) is 0. The van der Waals surface area contributed by atoms with Gasteiger partial charge in [0.15, 0.2) is 0 Å². The van der Waals surface area contributed by atoms with E-state index in [-0.39, 0.29) is 28.7 Å². The van der Waals surface area contributed by atoms with Gasteiger partial charge in [-0.15, -0.1) is 0 Å². The number of rotatable bonds is 9.